The van der Waals surface area contributed by atoms with E-state index in [1.165, 1.54) is 0 Å². The third-order valence-corrected chi connectivity index (χ3v) is 2.49. The average molecular weight is 296 g/mol. The van der Waals surface area contributed by atoms with Gasteiger partial charge >= 0.3 is 0 Å². The summed E-state index contributed by atoms with van der Waals surface area (Å²) in [6.45, 7) is 1.43. The highest BCUT2D eigenvalue weighted by Crippen LogP contribution is 2.16. The second kappa shape index (κ2) is 9.06. The van der Waals surface area contributed by atoms with Crippen LogP contribution < -0.4 is 11.1 Å². The standard InChI is InChI=1S/C15H18F2N2O2/c1-11-4-5-13(12(9-11)3-2-7-18)19-15(20)6-8-21-10-14(16)17/h4-5,9,14H,6-8,10,18H2,1H3,(H,19,20). The van der Waals surface area contributed by atoms with E-state index < -0.39 is 13.0 Å². The Kier molecular flexibility index (Phi) is 7.37. The molecule has 0 saturated carbocycles. The first-order chi connectivity index (χ1) is 10.0. The lowest BCUT2D eigenvalue weighted by molar-refractivity contribution is -0.117. The Balaban J connectivity index is 2.59. The Morgan fingerprint density at radius 3 is 2.90 bits per heavy atom. The van der Waals surface area contributed by atoms with Gasteiger partial charge in [0.2, 0.25) is 5.91 Å². The Labute approximate surface area is 122 Å². The topological polar surface area (TPSA) is 64.3 Å². The molecule has 6 heteroatoms. The van der Waals surface area contributed by atoms with Crippen LogP contribution in [0.15, 0.2) is 18.2 Å². The number of nitrogens with one attached hydrogen (secondary N) is 1. The summed E-state index contributed by atoms with van der Waals surface area (Å²) >= 11 is 0. The van der Waals surface area contributed by atoms with Gasteiger partial charge in [0.1, 0.15) is 6.61 Å². The number of nitrogens with two attached hydrogens (primary N) is 1. The summed E-state index contributed by atoms with van der Waals surface area (Å²) in [5, 5.41) is 2.69. The van der Waals surface area contributed by atoms with Crippen LogP contribution in [0.3, 0.4) is 0 Å². The van der Waals surface area contributed by atoms with Gasteiger partial charge in [-0.25, -0.2) is 8.78 Å². The lowest BCUT2D eigenvalue weighted by atomic mass is 10.1. The molecule has 0 saturated heterocycles. The van der Waals surface area contributed by atoms with Crippen molar-refractivity contribution in [2.75, 3.05) is 25.1 Å². The molecule has 0 aliphatic rings. The number of rotatable bonds is 6. The highest BCUT2D eigenvalue weighted by atomic mass is 19.3. The molecule has 0 aliphatic carbocycles. The van der Waals surface area contributed by atoms with Crippen molar-refractivity contribution < 1.29 is 18.3 Å². The Morgan fingerprint density at radius 1 is 1.48 bits per heavy atom. The molecule has 0 radical (unpaired) electrons. The van der Waals surface area contributed by atoms with Gasteiger partial charge < -0.3 is 15.8 Å². The lowest BCUT2D eigenvalue weighted by Crippen LogP contribution is -2.16. The summed E-state index contributed by atoms with van der Waals surface area (Å²) in [4.78, 5) is 11.7. The molecule has 0 unspecified atom stereocenters. The Hall–Kier alpha value is -1.97. The second-order valence-corrected chi connectivity index (χ2v) is 4.32. The molecule has 0 aliphatic heterocycles. The van der Waals surface area contributed by atoms with Crippen LogP contribution in [0.1, 0.15) is 17.5 Å². The van der Waals surface area contributed by atoms with Crippen molar-refractivity contribution in [2.45, 2.75) is 19.8 Å². The lowest BCUT2D eigenvalue weighted by Gasteiger charge is -2.09. The normalized spacial score (nSPS) is 10.1. The smallest absolute Gasteiger partial charge is 0.261 e. The molecule has 0 atom stereocenters. The van der Waals surface area contributed by atoms with Gasteiger partial charge in [0.05, 0.1) is 25.3 Å². The summed E-state index contributed by atoms with van der Waals surface area (Å²) < 4.78 is 28.4. The van der Waals surface area contributed by atoms with E-state index in [0.29, 0.717) is 11.3 Å². The zero-order valence-corrected chi connectivity index (χ0v) is 11.8. The van der Waals surface area contributed by atoms with Crippen molar-refractivity contribution in [3.63, 3.8) is 0 Å². The SMILES string of the molecule is Cc1ccc(NC(=O)CCOCC(F)F)c(C#CCN)c1. The highest BCUT2D eigenvalue weighted by Gasteiger charge is 2.07. The van der Waals surface area contributed by atoms with Crippen LogP contribution in [-0.2, 0) is 9.53 Å². The fourth-order valence-electron chi connectivity index (χ4n) is 1.57. The molecule has 1 aromatic carbocycles. The van der Waals surface area contributed by atoms with Crippen LogP contribution in [0.2, 0.25) is 0 Å². The molecule has 1 amide bonds. The predicted molar refractivity (Wildman–Crippen MR) is 77.2 cm³/mol. The number of benzene rings is 1. The summed E-state index contributed by atoms with van der Waals surface area (Å²) in [6, 6.07) is 5.43. The molecular formula is C15H18F2N2O2. The summed E-state index contributed by atoms with van der Waals surface area (Å²) in [5.41, 5.74) is 7.58. The van der Waals surface area contributed by atoms with Gasteiger partial charge in [-0.3, -0.25) is 4.79 Å². The van der Waals surface area contributed by atoms with Gasteiger partial charge in [0.25, 0.3) is 6.43 Å². The molecule has 1 rings (SSSR count). The maximum Gasteiger partial charge on any atom is 0.261 e. The molecule has 4 nitrogen and oxygen atoms in total. The zero-order chi connectivity index (χ0) is 15.7. The molecule has 1 aromatic rings. The van der Waals surface area contributed by atoms with Crippen LogP contribution in [0.25, 0.3) is 0 Å². The molecule has 21 heavy (non-hydrogen) atoms. The number of alkyl halides is 2. The maximum absolute atomic E-state index is 11.9. The van der Waals surface area contributed by atoms with Gasteiger partial charge in [-0.2, -0.15) is 0 Å². The van der Waals surface area contributed by atoms with E-state index >= 15 is 0 Å². The predicted octanol–water partition coefficient (Wildman–Crippen LogP) is 1.92. The van der Waals surface area contributed by atoms with Crippen molar-refractivity contribution in [1.82, 2.24) is 0 Å². The molecule has 0 spiro atoms. The summed E-state index contributed by atoms with van der Waals surface area (Å²) in [6.07, 6.45) is -2.52. The number of amides is 1. The largest absolute Gasteiger partial charge is 0.375 e. The van der Waals surface area contributed by atoms with E-state index in [2.05, 4.69) is 21.9 Å². The molecule has 0 aromatic heterocycles. The minimum Gasteiger partial charge on any atom is -0.375 e. The number of carbonyl (C=O) groups is 1. The maximum atomic E-state index is 11.9. The van der Waals surface area contributed by atoms with Crippen molar-refractivity contribution >= 4 is 11.6 Å². The van der Waals surface area contributed by atoms with Gasteiger partial charge in [0.15, 0.2) is 0 Å². The zero-order valence-electron chi connectivity index (χ0n) is 11.8. The first-order valence-corrected chi connectivity index (χ1v) is 6.48. The van der Waals surface area contributed by atoms with E-state index in [-0.39, 0.29) is 25.5 Å². The number of hydrogen-bond acceptors (Lipinski definition) is 3. The van der Waals surface area contributed by atoms with E-state index in [9.17, 15) is 13.6 Å². The van der Waals surface area contributed by atoms with E-state index in [1.54, 1.807) is 6.07 Å². The van der Waals surface area contributed by atoms with E-state index in [0.717, 1.165) is 5.56 Å². The van der Waals surface area contributed by atoms with Crippen LogP contribution >= 0.6 is 0 Å². The third kappa shape index (κ3) is 6.84. The van der Waals surface area contributed by atoms with Gasteiger partial charge in [-0.05, 0) is 24.6 Å². The molecular weight excluding hydrogens is 278 g/mol. The Morgan fingerprint density at radius 2 is 2.24 bits per heavy atom. The van der Waals surface area contributed by atoms with Gasteiger partial charge in [-0.1, -0.05) is 17.9 Å². The first-order valence-electron chi connectivity index (χ1n) is 6.48. The van der Waals surface area contributed by atoms with Crippen LogP contribution in [0, 0.1) is 18.8 Å². The quantitative estimate of drug-likeness (QED) is 0.622. The highest BCUT2D eigenvalue weighted by molar-refractivity contribution is 5.92. The number of halogens is 2. The van der Waals surface area contributed by atoms with Crippen LogP contribution in [0.4, 0.5) is 14.5 Å². The van der Waals surface area contributed by atoms with Gasteiger partial charge in [-0.15, -0.1) is 0 Å². The van der Waals surface area contributed by atoms with Crippen molar-refractivity contribution in [2.24, 2.45) is 5.73 Å². The monoisotopic (exact) mass is 296 g/mol. The Bertz CT molecular complexity index is 536. The minimum atomic E-state index is -2.52. The third-order valence-electron chi connectivity index (χ3n) is 2.49. The fraction of sp³-hybridized carbons (Fsp3) is 0.400. The number of aryl methyl sites for hydroxylation is 1. The molecule has 0 heterocycles. The second-order valence-electron chi connectivity index (χ2n) is 4.32. The van der Waals surface area contributed by atoms with E-state index in [4.69, 9.17) is 5.73 Å². The number of carbonyl (C=O) groups excluding carboxylic acids is 1. The first kappa shape index (κ1) is 17.1. The van der Waals surface area contributed by atoms with Crippen LogP contribution in [0.5, 0.6) is 0 Å². The number of hydrogen-bond donors (Lipinski definition) is 2. The fourth-order valence-corrected chi connectivity index (χ4v) is 1.57. The van der Waals surface area contributed by atoms with Crippen molar-refractivity contribution in [1.29, 1.82) is 0 Å². The number of ether oxygens (including phenoxy) is 1. The molecule has 0 fully saturated rings. The average Bonchev–Trinajstić information content (AvgIpc) is 2.43. The molecule has 0 bridgehead atoms. The van der Waals surface area contributed by atoms with Crippen LogP contribution in [-0.4, -0.2) is 32.1 Å². The summed E-state index contributed by atoms with van der Waals surface area (Å²) in [5.74, 6) is 5.29. The molecule has 114 valence electrons. The van der Waals surface area contributed by atoms with Crippen molar-refractivity contribution in [3.8, 4) is 11.8 Å². The number of anilines is 1. The van der Waals surface area contributed by atoms with Gasteiger partial charge in [0, 0.05) is 5.56 Å². The minimum absolute atomic E-state index is 0.00432. The molecule has 3 N–H and O–H groups in total. The van der Waals surface area contributed by atoms with E-state index in [1.807, 2.05) is 19.1 Å². The summed E-state index contributed by atoms with van der Waals surface area (Å²) in [7, 11) is 0. The van der Waals surface area contributed by atoms with Crippen molar-refractivity contribution in [3.05, 3.63) is 29.3 Å².